The number of hydrogen-bond donors (Lipinski definition) is 1. The fourth-order valence-electron chi connectivity index (χ4n) is 2.96. The molecule has 21 heavy (non-hydrogen) atoms. The van der Waals surface area contributed by atoms with Crippen molar-refractivity contribution in [3.63, 3.8) is 0 Å². The topological polar surface area (TPSA) is 49.4 Å². The fraction of sp³-hybridized carbons (Fsp3) is 0.500. The molecular weight excluding hydrogens is 332 g/mol. The molecule has 2 rings (SSSR count). The van der Waals surface area contributed by atoms with Gasteiger partial charge in [-0.2, -0.15) is 0 Å². The van der Waals surface area contributed by atoms with Gasteiger partial charge in [-0.1, -0.05) is 54.8 Å². The van der Waals surface area contributed by atoms with Gasteiger partial charge in [0.1, 0.15) is 5.54 Å². The normalized spacial score (nSPS) is 17.2. The molecule has 0 radical (unpaired) electrons. The van der Waals surface area contributed by atoms with E-state index in [0.717, 1.165) is 22.9 Å². The summed E-state index contributed by atoms with van der Waals surface area (Å²) >= 11 is 3.41. The number of hydrogen-bond acceptors (Lipinski definition) is 2. The average molecular weight is 353 g/mol. The minimum Gasteiger partial charge on any atom is -0.323 e. The van der Waals surface area contributed by atoms with Crippen LogP contribution in [0.2, 0.25) is 0 Å². The molecule has 1 aromatic rings. The van der Waals surface area contributed by atoms with Crippen LogP contribution in [-0.4, -0.2) is 22.4 Å². The number of amides is 3. The second-order valence-electron chi connectivity index (χ2n) is 5.53. The zero-order valence-corrected chi connectivity index (χ0v) is 14.1. The highest BCUT2D eigenvalue weighted by Crippen LogP contribution is 2.29. The lowest BCUT2D eigenvalue weighted by atomic mass is 9.88. The molecule has 0 atom stereocenters. The van der Waals surface area contributed by atoms with Crippen LogP contribution in [0.3, 0.4) is 0 Å². The molecule has 1 aromatic carbocycles. The molecular formula is C16H21BrN2O2. The molecule has 1 saturated heterocycles. The van der Waals surface area contributed by atoms with Crippen molar-refractivity contribution in [1.82, 2.24) is 10.2 Å². The summed E-state index contributed by atoms with van der Waals surface area (Å²) in [4.78, 5) is 26.3. The molecule has 1 aliphatic heterocycles. The smallest absolute Gasteiger partial charge is 0.323 e. The highest BCUT2D eigenvalue weighted by Gasteiger charge is 2.49. The van der Waals surface area contributed by atoms with E-state index in [1.807, 2.05) is 38.1 Å². The first-order chi connectivity index (χ1) is 10.0. The fourth-order valence-corrected chi connectivity index (χ4v) is 3.40. The Morgan fingerprint density at radius 2 is 1.86 bits per heavy atom. The third-order valence-corrected chi connectivity index (χ3v) is 4.32. The van der Waals surface area contributed by atoms with Crippen molar-refractivity contribution >= 4 is 27.9 Å². The van der Waals surface area contributed by atoms with Gasteiger partial charge in [0.15, 0.2) is 0 Å². The maximum absolute atomic E-state index is 12.7. The minimum atomic E-state index is -0.702. The highest BCUT2D eigenvalue weighted by molar-refractivity contribution is 9.10. The molecule has 0 aromatic heterocycles. The third-order valence-electron chi connectivity index (χ3n) is 3.83. The highest BCUT2D eigenvalue weighted by atomic mass is 79.9. The Hall–Kier alpha value is -1.36. The quantitative estimate of drug-likeness (QED) is 0.790. The Kier molecular flexibility index (Phi) is 5.04. The number of nitrogens with one attached hydrogen (secondary N) is 1. The van der Waals surface area contributed by atoms with E-state index >= 15 is 0 Å². The maximum atomic E-state index is 12.7. The van der Waals surface area contributed by atoms with E-state index in [2.05, 4.69) is 21.2 Å². The lowest BCUT2D eigenvalue weighted by Crippen LogP contribution is -2.46. The number of urea groups is 1. The second-order valence-corrected chi connectivity index (χ2v) is 6.45. The number of carbonyl (C=O) groups is 2. The number of nitrogens with zero attached hydrogens (tertiary/aromatic N) is 1. The predicted octanol–water partition coefficient (Wildman–Crippen LogP) is 3.84. The molecule has 0 unspecified atom stereocenters. The zero-order valence-electron chi connectivity index (χ0n) is 12.5. The molecule has 3 amide bonds. The predicted molar refractivity (Wildman–Crippen MR) is 85.8 cm³/mol. The molecule has 0 spiro atoms. The lowest BCUT2D eigenvalue weighted by Gasteiger charge is -2.25. The van der Waals surface area contributed by atoms with Crippen LogP contribution >= 0.6 is 15.9 Å². The summed E-state index contributed by atoms with van der Waals surface area (Å²) in [5.41, 5.74) is 0.240. The summed E-state index contributed by atoms with van der Waals surface area (Å²) in [6.07, 6.45) is 3.13. The number of rotatable bonds is 6. The van der Waals surface area contributed by atoms with Gasteiger partial charge in [-0.25, -0.2) is 4.79 Å². The molecule has 1 fully saturated rings. The van der Waals surface area contributed by atoms with Crippen molar-refractivity contribution in [3.8, 4) is 0 Å². The minimum absolute atomic E-state index is 0.0869. The van der Waals surface area contributed by atoms with E-state index in [1.165, 1.54) is 4.90 Å². The van der Waals surface area contributed by atoms with Crippen LogP contribution in [0.5, 0.6) is 0 Å². The first kappa shape index (κ1) is 16.0. The maximum Gasteiger partial charge on any atom is 0.325 e. The van der Waals surface area contributed by atoms with Crippen molar-refractivity contribution < 1.29 is 9.59 Å². The van der Waals surface area contributed by atoms with Gasteiger partial charge in [-0.15, -0.1) is 0 Å². The molecule has 114 valence electrons. The summed E-state index contributed by atoms with van der Waals surface area (Å²) in [6, 6.07) is 7.41. The Bertz CT molecular complexity index is 539. The number of benzene rings is 1. The van der Waals surface area contributed by atoms with Gasteiger partial charge in [0.25, 0.3) is 5.91 Å². The number of imide groups is 1. The van der Waals surface area contributed by atoms with Crippen molar-refractivity contribution in [3.05, 3.63) is 34.3 Å². The van der Waals surface area contributed by atoms with Gasteiger partial charge in [0.05, 0.1) is 6.54 Å². The van der Waals surface area contributed by atoms with Crippen molar-refractivity contribution in [2.24, 2.45) is 0 Å². The second kappa shape index (κ2) is 6.60. The molecule has 1 N–H and O–H groups in total. The number of carbonyl (C=O) groups excluding carboxylic acids is 2. The van der Waals surface area contributed by atoms with E-state index in [1.54, 1.807) is 0 Å². The van der Waals surface area contributed by atoms with Gasteiger partial charge >= 0.3 is 6.03 Å². The van der Waals surface area contributed by atoms with E-state index in [-0.39, 0.29) is 11.9 Å². The Morgan fingerprint density at radius 1 is 1.19 bits per heavy atom. The van der Waals surface area contributed by atoms with Crippen molar-refractivity contribution in [2.45, 2.75) is 51.6 Å². The lowest BCUT2D eigenvalue weighted by molar-refractivity contribution is -0.132. The monoisotopic (exact) mass is 352 g/mol. The van der Waals surface area contributed by atoms with Gasteiger partial charge in [-0.3, -0.25) is 9.69 Å². The van der Waals surface area contributed by atoms with Gasteiger partial charge in [0.2, 0.25) is 0 Å². The summed E-state index contributed by atoms with van der Waals surface area (Å²) in [5.74, 6) is -0.0869. The first-order valence-corrected chi connectivity index (χ1v) is 8.20. The van der Waals surface area contributed by atoms with Crippen LogP contribution in [0.1, 0.15) is 45.1 Å². The van der Waals surface area contributed by atoms with Crippen LogP contribution in [0, 0.1) is 0 Å². The van der Waals surface area contributed by atoms with E-state index in [0.29, 0.717) is 19.4 Å². The molecule has 0 saturated carbocycles. The largest absolute Gasteiger partial charge is 0.325 e. The van der Waals surface area contributed by atoms with Gasteiger partial charge in [-0.05, 0) is 30.5 Å². The van der Waals surface area contributed by atoms with Crippen LogP contribution in [0.4, 0.5) is 4.79 Å². The molecule has 5 heteroatoms. The zero-order chi connectivity index (χ0) is 15.5. The third kappa shape index (κ3) is 3.28. The Balaban J connectivity index is 2.21. The van der Waals surface area contributed by atoms with E-state index < -0.39 is 5.54 Å². The van der Waals surface area contributed by atoms with Crippen molar-refractivity contribution in [1.29, 1.82) is 0 Å². The van der Waals surface area contributed by atoms with Gasteiger partial charge in [0, 0.05) is 4.47 Å². The molecule has 1 heterocycles. The average Bonchev–Trinajstić information content (AvgIpc) is 2.65. The SMILES string of the molecule is CCCC1(CCC)NC(=O)N(Cc2cccc(Br)c2)C1=O. The summed E-state index contributed by atoms with van der Waals surface area (Å²) in [5, 5.41) is 2.93. The standard InChI is InChI=1S/C16H21BrN2O2/c1-3-8-16(9-4-2)14(20)19(15(21)18-16)11-12-6-5-7-13(17)10-12/h5-7,10H,3-4,8-9,11H2,1-2H3,(H,18,21). The van der Waals surface area contributed by atoms with E-state index in [4.69, 9.17) is 0 Å². The van der Waals surface area contributed by atoms with Gasteiger partial charge < -0.3 is 5.32 Å². The molecule has 0 aliphatic carbocycles. The van der Waals surface area contributed by atoms with E-state index in [9.17, 15) is 9.59 Å². The molecule has 0 bridgehead atoms. The Labute approximate surface area is 134 Å². The Morgan fingerprint density at radius 3 is 2.43 bits per heavy atom. The van der Waals surface area contributed by atoms with Crippen LogP contribution < -0.4 is 5.32 Å². The summed E-state index contributed by atoms with van der Waals surface area (Å²) in [7, 11) is 0. The van der Waals surface area contributed by atoms with Crippen LogP contribution in [-0.2, 0) is 11.3 Å². The van der Waals surface area contributed by atoms with Crippen LogP contribution in [0.15, 0.2) is 28.7 Å². The molecule has 4 nitrogen and oxygen atoms in total. The first-order valence-electron chi connectivity index (χ1n) is 7.41. The molecule has 1 aliphatic rings. The van der Waals surface area contributed by atoms with Crippen LogP contribution in [0.25, 0.3) is 0 Å². The van der Waals surface area contributed by atoms with Crippen molar-refractivity contribution in [2.75, 3.05) is 0 Å². The summed E-state index contributed by atoms with van der Waals surface area (Å²) in [6.45, 7) is 4.39. The number of halogens is 1. The summed E-state index contributed by atoms with van der Waals surface area (Å²) < 4.78 is 0.945.